The zero-order valence-electron chi connectivity index (χ0n) is 16.9. The van der Waals surface area contributed by atoms with Gasteiger partial charge in [0.1, 0.15) is 18.4 Å². The zero-order valence-corrected chi connectivity index (χ0v) is 16.9. The Labute approximate surface area is 171 Å². The Bertz CT molecular complexity index is 845. The molecule has 1 aliphatic rings. The highest BCUT2D eigenvalue weighted by atomic mass is 16.5. The molecule has 5 nitrogen and oxygen atoms in total. The van der Waals surface area contributed by atoms with Crippen LogP contribution in [0.5, 0.6) is 5.75 Å². The topological polar surface area (TPSA) is 55.8 Å². The molecule has 1 amide bonds. The third-order valence-electron chi connectivity index (χ3n) is 5.18. The molecule has 1 fully saturated rings. The highest BCUT2D eigenvalue weighted by Gasteiger charge is 2.35. The van der Waals surface area contributed by atoms with Gasteiger partial charge < -0.3 is 14.4 Å². The molecule has 0 radical (unpaired) electrons. The first-order valence-corrected chi connectivity index (χ1v) is 9.90. The van der Waals surface area contributed by atoms with Gasteiger partial charge in [-0.3, -0.25) is 4.79 Å². The number of carbonyl (C=O) groups excluding carboxylic acids is 2. The number of ether oxygens (including phenoxy) is 2. The van der Waals surface area contributed by atoms with E-state index in [1.807, 2.05) is 54.6 Å². The van der Waals surface area contributed by atoms with Crippen LogP contribution in [0, 0.1) is 5.92 Å². The lowest BCUT2D eigenvalue weighted by Crippen LogP contribution is -2.49. The van der Waals surface area contributed by atoms with E-state index < -0.39 is 6.04 Å². The lowest BCUT2D eigenvalue weighted by atomic mass is 9.92. The monoisotopic (exact) mass is 393 g/mol. The predicted molar refractivity (Wildman–Crippen MR) is 112 cm³/mol. The summed E-state index contributed by atoms with van der Waals surface area (Å²) in [5, 5.41) is 0. The number of hydrogen-bond donors (Lipinski definition) is 0. The van der Waals surface area contributed by atoms with Gasteiger partial charge in [0.2, 0.25) is 5.91 Å². The molecule has 0 N–H and O–H groups in total. The Morgan fingerprint density at radius 3 is 2.52 bits per heavy atom. The molecule has 0 spiro atoms. The lowest BCUT2D eigenvalue weighted by Gasteiger charge is -2.36. The average molecular weight is 393 g/mol. The van der Waals surface area contributed by atoms with Crippen LogP contribution in [0.25, 0.3) is 6.08 Å². The van der Waals surface area contributed by atoms with E-state index in [2.05, 4.69) is 6.92 Å². The molecular weight excluding hydrogens is 366 g/mol. The number of piperidine rings is 1. The smallest absolute Gasteiger partial charge is 0.329 e. The summed E-state index contributed by atoms with van der Waals surface area (Å²) in [5.41, 5.74) is 1.83. The summed E-state index contributed by atoms with van der Waals surface area (Å²) < 4.78 is 10.7. The molecule has 152 valence electrons. The minimum absolute atomic E-state index is 0.172. The predicted octanol–water partition coefficient (Wildman–Crippen LogP) is 4.08. The first kappa shape index (κ1) is 20.6. The van der Waals surface area contributed by atoms with Gasteiger partial charge >= 0.3 is 5.97 Å². The maximum absolute atomic E-state index is 12.8. The van der Waals surface area contributed by atoms with Gasteiger partial charge in [0.05, 0.1) is 7.11 Å². The Kier molecular flexibility index (Phi) is 7.06. The van der Waals surface area contributed by atoms with Gasteiger partial charge in [-0.2, -0.15) is 0 Å². The Morgan fingerprint density at radius 2 is 1.83 bits per heavy atom. The zero-order chi connectivity index (χ0) is 20.6. The van der Waals surface area contributed by atoms with E-state index in [-0.39, 0.29) is 18.5 Å². The van der Waals surface area contributed by atoms with Gasteiger partial charge in [0.15, 0.2) is 0 Å². The normalized spacial score (nSPS) is 19.2. The Balaban J connectivity index is 1.65. The van der Waals surface area contributed by atoms with Crippen molar-refractivity contribution in [2.75, 3.05) is 13.7 Å². The summed E-state index contributed by atoms with van der Waals surface area (Å²) in [6, 6.07) is 16.5. The number of likely N-dealkylation sites (tertiary alicyclic amines) is 1. The molecule has 0 bridgehead atoms. The van der Waals surface area contributed by atoms with Crippen LogP contribution in [-0.2, 0) is 20.9 Å². The third-order valence-corrected chi connectivity index (χ3v) is 5.18. The standard InChI is InChI=1S/C24H27NO4/c1-18-14-15-25(23(26)13-10-19-8-11-21(28-2)12-9-19)22(16-18)24(27)29-17-20-6-4-3-5-7-20/h3-13,18,22H,14-17H2,1-2H3/t18?,22-/m0/s1. The van der Waals surface area contributed by atoms with Crippen molar-refractivity contribution in [3.05, 3.63) is 71.8 Å². The molecule has 2 aromatic rings. The van der Waals surface area contributed by atoms with Crippen LogP contribution in [0.15, 0.2) is 60.7 Å². The van der Waals surface area contributed by atoms with Gasteiger partial charge in [-0.15, -0.1) is 0 Å². The maximum atomic E-state index is 12.8. The maximum Gasteiger partial charge on any atom is 0.329 e. The molecule has 1 unspecified atom stereocenters. The van der Waals surface area contributed by atoms with Crippen molar-refractivity contribution in [3.63, 3.8) is 0 Å². The summed E-state index contributed by atoms with van der Waals surface area (Å²) in [6.07, 6.45) is 4.78. The average Bonchev–Trinajstić information content (AvgIpc) is 2.76. The van der Waals surface area contributed by atoms with Crippen LogP contribution < -0.4 is 4.74 Å². The van der Waals surface area contributed by atoms with E-state index in [4.69, 9.17) is 9.47 Å². The first-order chi connectivity index (χ1) is 14.1. The summed E-state index contributed by atoms with van der Waals surface area (Å²) in [5.74, 6) is 0.625. The number of rotatable bonds is 6. The van der Waals surface area contributed by atoms with Crippen LogP contribution in [0.1, 0.15) is 30.9 Å². The largest absolute Gasteiger partial charge is 0.497 e. The first-order valence-electron chi connectivity index (χ1n) is 9.90. The second-order valence-electron chi connectivity index (χ2n) is 7.38. The summed E-state index contributed by atoms with van der Waals surface area (Å²) >= 11 is 0. The summed E-state index contributed by atoms with van der Waals surface area (Å²) in [7, 11) is 1.61. The van der Waals surface area contributed by atoms with Crippen molar-refractivity contribution in [2.45, 2.75) is 32.4 Å². The van der Waals surface area contributed by atoms with Gasteiger partial charge in [-0.25, -0.2) is 4.79 Å². The van der Waals surface area contributed by atoms with Crippen molar-refractivity contribution in [1.82, 2.24) is 4.90 Å². The van der Waals surface area contributed by atoms with Crippen LogP contribution in [-0.4, -0.2) is 36.5 Å². The van der Waals surface area contributed by atoms with Gasteiger partial charge in [0, 0.05) is 12.6 Å². The number of hydrogen-bond acceptors (Lipinski definition) is 4. The number of nitrogens with zero attached hydrogens (tertiary/aromatic N) is 1. The fourth-order valence-electron chi connectivity index (χ4n) is 3.43. The van der Waals surface area contributed by atoms with E-state index >= 15 is 0 Å². The van der Waals surface area contributed by atoms with Gasteiger partial charge in [-0.05, 0) is 48.1 Å². The van der Waals surface area contributed by atoms with E-state index in [9.17, 15) is 9.59 Å². The Hall–Kier alpha value is -3.08. The van der Waals surface area contributed by atoms with Crippen molar-refractivity contribution < 1.29 is 19.1 Å². The highest BCUT2D eigenvalue weighted by Crippen LogP contribution is 2.24. The van der Waals surface area contributed by atoms with E-state index in [1.165, 1.54) is 6.08 Å². The third kappa shape index (κ3) is 5.70. The van der Waals surface area contributed by atoms with Gasteiger partial charge in [0.25, 0.3) is 0 Å². The molecule has 1 aliphatic heterocycles. The molecule has 0 saturated carbocycles. The quantitative estimate of drug-likeness (QED) is 0.548. The van der Waals surface area contributed by atoms with Crippen molar-refractivity contribution in [3.8, 4) is 5.75 Å². The minimum atomic E-state index is -0.546. The SMILES string of the molecule is COc1ccc(C=CC(=O)N2CCC(C)C[C@H]2C(=O)OCc2ccccc2)cc1. The fraction of sp³-hybridized carbons (Fsp3) is 0.333. The number of methoxy groups -OCH3 is 1. The number of benzene rings is 2. The number of amides is 1. The number of esters is 1. The molecule has 2 atom stereocenters. The molecule has 0 aromatic heterocycles. The van der Waals surface area contributed by atoms with Crippen molar-refractivity contribution in [1.29, 1.82) is 0 Å². The second kappa shape index (κ2) is 9.92. The summed E-state index contributed by atoms with van der Waals surface area (Å²) in [6.45, 7) is 2.87. The van der Waals surface area contributed by atoms with Crippen molar-refractivity contribution in [2.24, 2.45) is 5.92 Å². The molecular formula is C24H27NO4. The molecule has 1 saturated heterocycles. The van der Waals surface area contributed by atoms with Gasteiger partial charge in [-0.1, -0.05) is 49.4 Å². The fourth-order valence-corrected chi connectivity index (χ4v) is 3.43. The van der Waals surface area contributed by atoms with Crippen molar-refractivity contribution >= 4 is 18.0 Å². The minimum Gasteiger partial charge on any atom is -0.497 e. The molecule has 1 heterocycles. The van der Waals surface area contributed by atoms with E-state index in [0.717, 1.165) is 23.3 Å². The summed E-state index contributed by atoms with van der Waals surface area (Å²) in [4.78, 5) is 27.2. The van der Waals surface area contributed by atoms with Crippen LogP contribution >= 0.6 is 0 Å². The molecule has 29 heavy (non-hydrogen) atoms. The van der Waals surface area contributed by atoms with Crippen LogP contribution in [0.3, 0.4) is 0 Å². The van der Waals surface area contributed by atoms with E-state index in [0.29, 0.717) is 18.9 Å². The molecule has 2 aromatic carbocycles. The highest BCUT2D eigenvalue weighted by molar-refractivity contribution is 5.94. The lowest BCUT2D eigenvalue weighted by molar-refractivity contribution is -0.157. The Morgan fingerprint density at radius 1 is 1.10 bits per heavy atom. The molecule has 3 rings (SSSR count). The van der Waals surface area contributed by atoms with Crippen LogP contribution in [0.4, 0.5) is 0 Å². The number of carbonyl (C=O) groups is 2. The molecule has 0 aliphatic carbocycles. The second-order valence-corrected chi connectivity index (χ2v) is 7.38. The molecule has 5 heteroatoms. The van der Waals surface area contributed by atoms with E-state index in [1.54, 1.807) is 18.1 Å². The van der Waals surface area contributed by atoms with Crippen LogP contribution in [0.2, 0.25) is 0 Å².